The first-order valence-electron chi connectivity index (χ1n) is 48.3. The van der Waals surface area contributed by atoms with E-state index in [2.05, 4.69) is 437 Å². The summed E-state index contributed by atoms with van der Waals surface area (Å²) in [5, 5.41) is 20.8. The Morgan fingerprint density at radius 1 is 0.142 bits per heavy atom. The number of benzene rings is 21. The summed E-state index contributed by atoms with van der Waals surface area (Å²) in [7, 11) is 0. The molecule has 0 amide bonds. The molecule has 0 aliphatic rings. The molecule has 30 rings (SSSR count). The molecule has 9 nitrogen and oxygen atoms in total. The van der Waals surface area contributed by atoms with Crippen molar-refractivity contribution >= 4 is 197 Å². The Hall–Kier alpha value is -18.2. The van der Waals surface area contributed by atoms with Gasteiger partial charge in [0.2, 0.25) is 0 Å². The fourth-order valence-corrected chi connectivity index (χ4v) is 22.7. The maximum absolute atomic E-state index is 7.12. The Labute approximate surface area is 809 Å². The molecule has 141 heavy (non-hydrogen) atoms. The number of aryl methyl sites for hydroxylation is 6. The van der Waals surface area contributed by atoms with Crippen LogP contribution >= 0.6 is 0 Å². The summed E-state index contributed by atoms with van der Waals surface area (Å²) < 4.78 is 47.5. The van der Waals surface area contributed by atoms with Gasteiger partial charge in [0.05, 0.1) is 50.2 Å². The quantitative estimate of drug-likeness (QED) is 0.143. The molecule has 0 spiro atoms. The van der Waals surface area contributed by atoms with Gasteiger partial charge in [-0.15, -0.1) is 0 Å². The van der Waals surface area contributed by atoms with Crippen LogP contribution in [0.25, 0.3) is 281 Å². The normalized spacial score (nSPS) is 12.0. The van der Waals surface area contributed by atoms with Crippen molar-refractivity contribution in [2.75, 3.05) is 0 Å². The molecule has 0 aliphatic carbocycles. The van der Waals surface area contributed by atoms with Crippen molar-refractivity contribution in [3.8, 4) is 83.8 Å². The van der Waals surface area contributed by atoms with E-state index >= 15 is 0 Å². The molecule has 9 aromatic heterocycles. The zero-order valence-corrected chi connectivity index (χ0v) is 78.1. The molecule has 9 heterocycles. The van der Waals surface area contributed by atoms with Crippen LogP contribution in [0, 0.1) is 41.5 Å². The van der Waals surface area contributed by atoms with E-state index in [-0.39, 0.29) is 0 Å². The van der Waals surface area contributed by atoms with Gasteiger partial charge in [-0.3, -0.25) is 0 Å². The van der Waals surface area contributed by atoms with Gasteiger partial charge in [0.15, 0.2) is 16.7 Å². The average molecular weight is 1810 g/mol. The number of hydrogen-bond donors (Lipinski definition) is 0. The van der Waals surface area contributed by atoms with Gasteiger partial charge in [0, 0.05) is 119 Å². The molecule has 0 atom stereocenters. The molecule has 0 bridgehead atoms. The second-order valence-electron chi connectivity index (χ2n) is 38.0. The van der Waals surface area contributed by atoms with Gasteiger partial charge in [0.1, 0.15) is 50.2 Å². The Kier molecular flexibility index (Phi) is 18.3. The third-order valence-electron chi connectivity index (χ3n) is 29.2. The lowest BCUT2D eigenvalue weighted by atomic mass is 9.93. The van der Waals surface area contributed by atoms with E-state index in [0.717, 1.165) is 215 Å². The van der Waals surface area contributed by atoms with E-state index in [0.29, 0.717) is 0 Å². The second-order valence-corrected chi connectivity index (χ2v) is 38.0. The third-order valence-corrected chi connectivity index (χ3v) is 29.2. The fourth-order valence-electron chi connectivity index (χ4n) is 22.7. The highest BCUT2D eigenvalue weighted by Gasteiger charge is 2.29. The average Bonchev–Trinajstić information content (AvgIpc) is 1.57. The molecule has 0 radical (unpaired) electrons. The second kappa shape index (κ2) is 31.7. The SMILES string of the molecule is Cc1ccc2c(c1)c1cc(C)ccc1n2-c1cccc2c1oc1c(-c3ccccc3)ccc(-c3ccc4c(c3)oc3ccccc34)c12.Cc1ccc2c(c1)c1cc(C)ccc1n2-c1cccc2c1oc1c(-c3ccccc3)ccc(-c3ccc4oc5ccccc5c4c3)c12.Cc1ccc2c(c1)c1cc(C)ccc1n2-c1cccc2c1oc1c(-c3ccccc3)ccc(-c3cccc4c3oc3ccccc34)c12. The minimum absolute atomic E-state index is 0.865. The standard InChI is InChI=1S/3C44H29NO2/c1-26-18-22-37-35(24-26)36-25-27(2)19-23-38(36)45(37)39-16-9-15-34-41-31(21-20-29(44(41)47-43(34)39)28-10-4-3-5-11-28)33-14-8-13-32-30-12-6-7-17-40(30)46-42(32)33;1-26-15-20-37-34(23-26)35-24-27(2)16-21-38(35)45(37)39-13-8-12-33-42-30(18-19-31(44(42)47-43(33)39)28-9-4-3-5-10-28)29-17-22-41-36(25-29)32-11-6-7-14-40(32)46-41;1-26-15-21-37-35(23-26)36-24-27(2)16-22-38(36)45(37)39-13-8-12-34-42-30(19-20-31(44(42)47-43(34)39)28-9-4-3-5-10-28)29-17-18-33-32-11-6-7-14-40(32)46-41(33)25-29/h3*3-25H,1-2H3. The minimum atomic E-state index is 0.865. The number of para-hydroxylation sites is 7. The van der Waals surface area contributed by atoms with Crippen molar-refractivity contribution in [1.29, 1.82) is 0 Å². The van der Waals surface area contributed by atoms with Crippen LogP contribution in [0.5, 0.6) is 0 Å². The van der Waals surface area contributed by atoms with Gasteiger partial charge >= 0.3 is 0 Å². The van der Waals surface area contributed by atoms with Crippen LogP contribution in [0.15, 0.2) is 445 Å². The summed E-state index contributed by atoms with van der Waals surface area (Å²) in [6.45, 7) is 13.0. The highest BCUT2D eigenvalue weighted by Crippen LogP contribution is 2.52. The van der Waals surface area contributed by atoms with Crippen molar-refractivity contribution in [3.63, 3.8) is 0 Å². The highest BCUT2D eigenvalue weighted by molar-refractivity contribution is 6.25. The lowest BCUT2D eigenvalue weighted by Gasteiger charge is -2.09. The molecule has 0 saturated heterocycles. The Morgan fingerprint density at radius 2 is 0.433 bits per heavy atom. The topological polar surface area (TPSA) is 93.6 Å². The van der Waals surface area contributed by atoms with E-state index in [1.807, 2.05) is 36.4 Å². The molecule has 0 fully saturated rings. The lowest BCUT2D eigenvalue weighted by Crippen LogP contribution is -1.94. The molecular formula is C132H87N3O6. The molecule has 0 saturated carbocycles. The molecule has 0 N–H and O–H groups in total. The van der Waals surface area contributed by atoms with Crippen molar-refractivity contribution in [2.45, 2.75) is 41.5 Å². The van der Waals surface area contributed by atoms with Gasteiger partial charge in [-0.25, -0.2) is 0 Å². The summed E-state index contributed by atoms with van der Waals surface area (Å²) in [6, 6.07) is 149. The van der Waals surface area contributed by atoms with E-state index in [1.54, 1.807) is 0 Å². The van der Waals surface area contributed by atoms with E-state index in [1.165, 1.54) is 98.8 Å². The first-order valence-corrected chi connectivity index (χ1v) is 48.3. The molecule has 30 aromatic rings. The summed E-state index contributed by atoms with van der Waals surface area (Å²) in [5.41, 5.74) is 41.4. The Bertz CT molecular complexity index is 10300. The lowest BCUT2D eigenvalue weighted by molar-refractivity contribution is 0.667. The van der Waals surface area contributed by atoms with Crippen LogP contribution in [0.2, 0.25) is 0 Å². The van der Waals surface area contributed by atoms with Crippen LogP contribution in [0.3, 0.4) is 0 Å². The predicted molar refractivity (Wildman–Crippen MR) is 587 cm³/mol. The minimum Gasteiger partial charge on any atom is -0.456 e. The van der Waals surface area contributed by atoms with Crippen LogP contribution < -0.4 is 0 Å². The fraction of sp³-hybridized carbons (Fsp3) is 0.0455. The van der Waals surface area contributed by atoms with Gasteiger partial charge < -0.3 is 40.2 Å². The number of nitrogens with zero attached hydrogens (tertiary/aromatic N) is 3. The van der Waals surface area contributed by atoms with Gasteiger partial charge in [-0.2, -0.15) is 0 Å². The largest absolute Gasteiger partial charge is 0.456 e. The third kappa shape index (κ3) is 12.8. The maximum Gasteiger partial charge on any atom is 0.159 e. The van der Waals surface area contributed by atoms with Crippen molar-refractivity contribution < 1.29 is 26.5 Å². The molecule has 0 aliphatic heterocycles. The number of hydrogen-bond acceptors (Lipinski definition) is 6. The maximum atomic E-state index is 7.12. The number of furan rings is 6. The smallest absolute Gasteiger partial charge is 0.159 e. The van der Waals surface area contributed by atoms with Gasteiger partial charge in [0.25, 0.3) is 0 Å². The number of aromatic nitrogens is 3. The van der Waals surface area contributed by atoms with Crippen LogP contribution in [-0.4, -0.2) is 13.7 Å². The Morgan fingerprint density at radius 3 is 0.837 bits per heavy atom. The first kappa shape index (κ1) is 81.2. The molecular weight excluding hydrogens is 1720 g/mol. The zero-order chi connectivity index (χ0) is 93.7. The first-order chi connectivity index (χ1) is 69.4. The van der Waals surface area contributed by atoms with Crippen molar-refractivity contribution in [2.24, 2.45) is 0 Å². The van der Waals surface area contributed by atoms with Gasteiger partial charge in [-0.05, 0) is 238 Å². The predicted octanol–water partition coefficient (Wildman–Crippen LogP) is 37.6. The van der Waals surface area contributed by atoms with E-state index in [9.17, 15) is 0 Å². The molecule has 0 unspecified atom stereocenters. The molecule has 9 heteroatoms. The summed E-state index contributed by atoms with van der Waals surface area (Å²) in [4.78, 5) is 0. The van der Waals surface area contributed by atoms with Crippen molar-refractivity contribution in [3.05, 3.63) is 452 Å². The summed E-state index contributed by atoms with van der Waals surface area (Å²) in [5.74, 6) is 0. The monoisotopic (exact) mass is 1810 g/mol. The molecule has 666 valence electrons. The van der Waals surface area contributed by atoms with Crippen LogP contribution in [0.4, 0.5) is 0 Å². The van der Waals surface area contributed by atoms with Crippen molar-refractivity contribution in [1.82, 2.24) is 13.7 Å². The number of rotatable bonds is 9. The van der Waals surface area contributed by atoms with Gasteiger partial charge in [-0.1, -0.05) is 300 Å². The zero-order valence-electron chi connectivity index (χ0n) is 78.1. The highest BCUT2D eigenvalue weighted by atomic mass is 16.4. The van der Waals surface area contributed by atoms with E-state index < -0.39 is 0 Å². The van der Waals surface area contributed by atoms with Crippen LogP contribution in [-0.2, 0) is 0 Å². The van der Waals surface area contributed by atoms with Crippen LogP contribution in [0.1, 0.15) is 33.4 Å². The summed E-state index contributed by atoms with van der Waals surface area (Å²) in [6.07, 6.45) is 0. The molecule has 21 aromatic carbocycles. The van der Waals surface area contributed by atoms with E-state index in [4.69, 9.17) is 26.5 Å². The Balaban J connectivity index is 0.000000104. The summed E-state index contributed by atoms with van der Waals surface area (Å²) >= 11 is 0. The number of fused-ring (bicyclic) bond motifs is 27.